The zero-order valence-electron chi connectivity index (χ0n) is 9.38. The number of hydrogen-bond donors (Lipinski definition) is 2. The molecule has 86 valence electrons. The van der Waals surface area contributed by atoms with Crippen LogP contribution in [0.1, 0.15) is 20.3 Å². The highest BCUT2D eigenvalue weighted by Crippen LogP contribution is 2.30. The van der Waals surface area contributed by atoms with Crippen molar-refractivity contribution in [2.75, 3.05) is 10.6 Å². The van der Waals surface area contributed by atoms with Gasteiger partial charge in [-0.25, -0.2) is 4.39 Å². The van der Waals surface area contributed by atoms with E-state index in [1.165, 1.54) is 6.07 Å². The highest BCUT2D eigenvalue weighted by molar-refractivity contribution is 5.96. The average Bonchev–Trinajstić information content (AvgIpc) is 2.38. The van der Waals surface area contributed by atoms with Gasteiger partial charge < -0.3 is 10.6 Å². The number of carbonyl (C=O) groups is 1. The Kier molecular flexibility index (Phi) is 2.81. The summed E-state index contributed by atoms with van der Waals surface area (Å²) in [6, 6.07) is 4.80. The lowest BCUT2D eigenvalue weighted by Crippen LogP contribution is -2.27. The number of carbonyl (C=O) groups excluding carboxylic acids is 1. The molecule has 4 heteroatoms. The normalized spacial score (nSPS) is 19.8. The summed E-state index contributed by atoms with van der Waals surface area (Å²) in [6.07, 6.45) is 0.367. The predicted octanol–water partition coefficient (Wildman–Crippen LogP) is 2.60. The number of rotatable bonds is 1. The van der Waals surface area contributed by atoms with Crippen LogP contribution in [0.3, 0.4) is 0 Å². The molecular formula is C12H15FN2O. The number of nitrogens with one attached hydrogen (secondary N) is 2. The molecule has 1 unspecified atom stereocenters. The van der Waals surface area contributed by atoms with Crippen LogP contribution in [0.15, 0.2) is 18.2 Å². The Morgan fingerprint density at radius 2 is 2.19 bits per heavy atom. The SMILES string of the molecule is CC(C)C1CC(=O)Nc2c(F)cccc2N1. The number of fused-ring (bicyclic) bond motifs is 1. The van der Waals surface area contributed by atoms with Gasteiger partial charge in [-0.3, -0.25) is 4.79 Å². The fourth-order valence-corrected chi connectivity index (χ4v) is 1.81. The van der Waals surface area contributed by atoms with Gasteiger partial charge in [0.15, 0.2) is 0 Å². The Morgan fingerprint density at radius 1 is 1.44 bits per heavy atom. The first kappa shape index (κ1) is 10.9. The van der Waals surface area contributed by atoms with Crippen LogP contribution in [0.4, 0.5) is 15.8 Å². The molecule has 1 aromatic carbocycles. The molecule has 1 atom stereocenters. The van der Waals surface area contributed by atoms with Crippen molar-refractivity contribution in [1.82, 2.24) is 0 Å². The van der Waals surface area contributed by atoms with E-state index in [0.29, 0.717) is 18.0 Å². The molecule has 16 heavy (non-hydrogen) atoms. The first-order chi connectivity index (χ1) is 7.58. The summed E-state index contributed by atoms with van der Waals surface area (Å²) in [4.78, 5) is 11.6. The van der Waals surface area contributed by atoms with Gasteiger partial charge in [0, 0.05) is 12.5 Å². The van der Waals surface area contributed by atoms with Gasteiger partial charge in [-0.1, -0.05) is 19.9 Å². The second-order valence-corrected chi connectivity index (χ2v) is 4.41. The first-order valence-electron chi connectivity index (χ1n) is 5.43. The second kappa shape index (κ2) is 4.12. The first-order valence-corrected chi connectivity index (χ1v) is 5.43. The van der Waals surface area contributed by atoms with Gasteiger partial charge in [0.25, 0.3) is 0 Å². The molecule has 0 saturated carbocycles. The van der Waals surface area contributed by atoms with Gasteiger partial charge >= 0.3 is 0 Å². The summed E-state index contributed by atoms with van der Waals surface area (Å²) in [7, 11) is 0. The van der Waals surface area contributed by atoms with Crippen LogP contribution in [0.2, 0.25) is 0 Å². The van der Waals surface area contributed by atoms with Crippen LogP contribution in [0.5, 0.6) is 0 Å². The molecule has 0 saturated heterocycles. The van der Waals surface area contributed by atoms with E-state index in [-0.39, 0.29) is 17.6 Å². The monoisotopic (exact) mass is 222 g/mol. The highest BCUT2D eigenvalue weighted by Gasteiger charge is 2.24. The maximum absolute atomic E-state index is 13.5. The lowest BCUT2D eigenvalue weighted by molar-refractivity contribution is -0.116. The van der Waals surface area contributed by atoms with Crippen molar-refractivity contribution < 1.29 is 9.18 Å². The van der Waals surface area contributed by atoms with Crippen molar-refractivity contribution >= 4 is 17.3 Å². The van der Waals surface area contributed by atoms with E-state index in [1.54, 1.807) is 12.1 Å². The van der Waals surface area contributed by atoms with Gasteiger partial charge in [-0.05, 0) is 18.1 Å². The average molecular weight is 222 g/mol. The van der Waals surface area contributed by atoms with Crippen molar-refractivity contribution in [3.8, 4) is 0 Å². The maximum Gasteiger partial charge on any atom is 0.226 e. The van der Waals surface area contributed by atoms with Crippen molar-refractivity contribution in [3.63, 3.8) is 0 Å². The number of halogens is 1. The third kappa shape index (κ3) is 2.01. The third-order valence-electron chi connectivity index (χ3n) is 2.83. The number of amides is 1. The molecule has 1 amide bonds. The van der Waals surface area contributed by atoms with Gasteiger partial charge in [-0.15, -0.1) is 0 Å². The standard InChI is InChI=1S/C12H15FN2O/c1-7(2)10-6-11(16)15-12-8(13)4-3-5-9(12)14-10/h3-5,7,10,14H,6H2,1-2H3,(H,15,16). The minimum absolute atomic E-state index is 0.0445. The van der Waals surface area contributed by atoms with E-state index in [9.17, 15) is 9.18 Å². The summed E-state index contributed by atoms with van der Waals surface area (Å²) in [6.45, 7) is 4.07. The van der Waals surface area contributed by atoms with Crippen LogP contribution >= 0.6 is 0 Å². The van der Waals surface area contributed by atoms with Crippen LogP contribution in [0.25, 0.3) is 0 Å². The van der Waals surface area contributed by atoms with Crippen LogP contribution in [-0.4, -0.2) is 11.9 Å². The highest BCUT2D eigenvalue weighted by atomic mass is 19.1. The smallest absolute Gasteiger partial charge is 0.226 e. The maximum atomic E-state index is 13.5. The Bertz CT molecular complexity index is 417. The number of anilines is 2. The molecule has 0 aromatic heterocycles. The van der Waals surface area contributed by atoms with Gasteiger partial charge in [0.05, 0.1) is 5.69 Å². The van der Waals surface area contributed by atoms with E-state index < -0.39 is 5.82 Å². The summed E-state index contributed by atoms with van der Waals surface area (Å²) < 4.78 is 13.5. The summed E-state index contributed by atoms with van der Waals surface area (Å²) in [5.41, 5.74) is 0.917. The van der Waals surface area contributed by atoms with Gasteiger partial charge in [0.1, 0.15) is 11.5 Å². The number of hydrogen-bond acceptors (Lipinski definition) is 2. The molecule has 2 rings (SSSR count). The molecular weight excluding hydrogens is 207 g/mol. The zero-order chi connectivity index (χ0) is 11.7. The van der Waals surface area contributed by atoms with E-state index in [0.717, 1.165) is 0 Å². The largest absolute Gasteiger partial charge is 0.380 e. The van der Waals surface area contributed by atoms with Gasteiger partial charge in [-0.2, -0.15) is 0 Å². The summed E-state index contributed by atoms with van der Waals surface area (Å²) >= 11 is 0. The fraction of sp³-hybridized carbons (Fsp3) is 0.417. The molecule has 1 aliphatic rings. The van der Waals surface area contributed by atoms with Crippen molar-refractivity contribution in [1.29, 1.82) is 0 Å². The lowest BCUT2D eigenvalue weighted by atomic mass is 10.0. The third-order valence-corrected chi connectivity index (χ3v) is 2.83. The van der Waals surface area contributed by atoms with Crippen molar-refractivity contribution in [2.45, 2.75) is 26.3 Å². The number of para-hydroxylation sites is 1. The minimum atomic E-state index is -0.400. The van der Waals surface area contributed by atoms with E-state index in [4.69, 9.17) is 0 Å². The topological polar surface area (TPSA) is 41.1 Å². The van der Waals surface area contributed by atoms with E-state index >= 15 is 0 Å². The molecule has 3 nitrogen and oxygen atoms in total. The quantitative estimate of drug-likeness (QED) is 0.766. The van der Waals surface area contributed by atoms with E-state index in [2.05, 4.69) is 10.6 Å². The molecule has 0 fully saturated rings. The molecule has 0 bridgehead atoms. The molecule has 1 heterocycles. The molecule has 0 radical (unpaired) electrons. The summed E-state index contributed by atoms with van der Waals surface area (Å²) in [5.74, 6) is -0.224. The van der Waals surface area contributed by atoms with Crippen LogP contribution in [-0.2, 0) is 4.79 Å². The molecule has 2 N–H and O–H groups in total. The Balaban J connectivity index is 2.39. The van der Waals surface area contributed by atoms with E-state index in [1.807, 2.05) is 13.8 Å². The van der Waals surface area contributed by atoms with Crippen LogP contribution < -0.4 is 10.6 Å². The predicted molar refractivity (Wildman–Crippen MR) is 61.9 cm³/mol. The fourth-order valence-electron chi connectivity index (χ4n) is 1.81. The minimum Gasteiger partial charge on any atom is -0.380 e. The van der Waals surface area contributed by atoms with Crippen LogP contribution in [0, 0.1) is 11.7 Å². The Morgan fingerprint density at radius 3 is 2.88 bits per heavy atom. The second-order valence-electron chi connectivity index (χ2n) is 4.41. The van der Waals surface area contributed by atoms with Crippen molar-refractivity contribution in [3.05, 3.63) is 24.0 Å². The van der Waals surface area contributed by atoms with Crippen molar-refractivity contribution in [2.24, 2.45) is 5.92 Å². The molecule has 1 aromatic rings. The zero-order valence-corrected chi connectivity index (χ0v) is 9.38. The lowest BCUT2D eigenvalue weighted by Gasteiger charge is -2.20. The Hall–Kier alpha value is -1.58. The summed E-state index contributed by atoms with van der Waals surface area (Å²) in [5, 5.41) is 5.81. The molecule has 1 aliphatic heterocycles. The Labute approximate surface area is 94.0 Å². The molecule has 0 aliphatic carbocycles. The van der Waals surface area contributed by atoms with Gasteiger partial charge in [0.2, 0.25) is 5.91 Å². The number of benzene rings is 1. The molecule has 0 spiro atoms.